The molecule has 2 N–H and O–H groups in total. The van der Waals surface area contributed by atoms with Crippen LogP contribution >= 0.6 is 0 Å². The maximum atomic E-state index is 13.0. The van der Waals surface area contributed by atoms with Crippen molar-refractivity contribution < 1.29 is 4.79 Å². The van der Waals surface area contributed by atoms with E-state index in [1.54, 1.807) is 17.0 Å². The minimum absolute atomic E-state index is 0.101. The summed E-state index contributed by atoms with van der Waals surface area (Å²) in [5.74, 6) is 1.45. The highest BCUT2D eigenvalue weighted by Gasteiger charge is 2.31. The summed E-state index contributed by atoms with van der Waals surface area (Å²) in [5, 5.41) is 11.1. The molecule has 2 aliphatic heterocycles. The number of hydrogen-bond acceptors (Lipinski definition) is 8. The zero-order valence-corrected chi connectivity index (χ0v) is 22.0. The zero-order chi connectivity index (χ0) is 27.5. The number of pyridine rings is 1. The van der Waals surface area contributed by atoms with Gasteiger partial charge in [-0.1, -0.05) is 18.2 Å². The van der Waals surface area contributed by atoms with E-state index in [0.717, 1.165) is 34.9 Å². The molecule has 0 aromatic carbocycles. The molecular formula is C27H33N9O3. The number of nitrogens with one attached hydrogen (secondary N) is 2. The SMILES string of the molecule is C=CCn1c2c(c(=O)n(CC=C)c1=O)NC(c1cc(CCC(=O)N3CCN(c4ccccn4)CC3)nn1C)N2. The van der Waals surface area contributed by atoms with Crippen LogP contribution in [0, 0.1) is 0 Å². The maximum Gasteiger partial charge on any atom is 0.333 e. The highest BCUT2D eigenvalue weighted by molar-refractivity contribution is 5.76. The third-order valence-corrected chi connectivity index (χ3v) is 7.08. The van der Waals surface area contributed by atoms with E-state index in [2.05, 4.69) is 38.8 Å². The van der Waals surface area contributed by atoms with Crippen LogP contribution in [0.25, 0.3) is 0 Å². The molecule has 1 atom stereocenters. The van der Waals surface area contributed by atoms with Crippen LogP contribution in [0.4, 0.5) is 17.3 Å². The van der Waals surface area contributed by atoms with E-state index in [0.29, 0.717) is 37.4 Å². The van der Waals surface area contributed by atoms with Crippen LogP contribution in [0.5, 0.6) is 0 Å². The van der Waals surface area contributed by atoms with Crippen LogP contribution < -0.4 is 26.8 Å². The Kier molecular flexibility index (Phi) is 7.35. The van der Waals surface area contributed by atoms with Crippen molar-refractivity contribution in [2.75, 3.05) is 41.7 Å². The van der Waals surface area contributed by atoms with Gasteiger partial charge in [-0.25, -0.2) is 9.78 Å². The molecule has 0 spiro atoms. The largest absolute Gasteiger partial charge is 0.353 e. The summed E-state index contributed by atoms with van der Waals surface area (Å²) in [6, 6.07) is 7.76. The van der Waals surface area contributed by atoms with Crippen LogP contribution in [0.3, 0.4) is 0 Å². The Morgan fingerprint density at radius 2 is 1.82 bits per heavy atom. The van der Waals surface area contributed by atoms with Crippen molar-refractivity contribution >= 4 is 23.2 Å². The van der Waals surface area contributed by atoms with Gasteiger partial charge in [0.25, 0.3) is 5.56 Å². The van der Waals surface area contributed by atoms with Crippen LogP contribution in [0.15, 0.2) is 65.4 Å². The highest BCUT2D eigenvalue weighted by atomic mass is 16.2. The van der Waals surface area contributed by atoms with Gasteiger partial charge >= 0.3 is 5.69 Å². The molecule has 0 saturated carbocycles. The summed E-state index contributed by atoms with van der Waals surface area (Å²) in [5.41, 5.74) is 1.02. The van der Waals surface area contributed by atoms with Crippen LogP contribution in [0.2, 0.25) is 0 Å². The standard InChI is InChI=1S/C27H33N9O3/c1-4-12-35-25-23(26(38)36(13-5-2)27(35)39)29-24(30-25)20-18-19(31-32(20)3)9-10-22(37)34-16-14-33(15-17-34)21-8-6-7-11-28-21/h4-8,11,18,24,29-30H,1-2,9-10,12-17H2,3H3. The molecule has 5 heterocycles. The quantitative estimate of drug-likeness (QED) is 0.397. The molecule has 3 aromatic heterocycles. The Bertz CT molecular complexity index is 1500. The molecule has 1 saturated heterocycles. The van der Waals surface area contributed by atoms with E-state index in [9.17, 15) is 14.4 Å². The fraction of sp³-hybridized carbons (Fsp3) is 0.370. The summed E-state index contributed by atoms with van der Waals surface area (Å²) in [4.78, 5) is 47.3. The van der Waals surface area contributed by atoms with Gasteiger partial charge in [0.15, 0.2) is 0 Å². The fourth-order valence-corrected chi connectivity index (χ4v) is 5.09. The van der Waals surface area contributed by atoms with Crippen molar-refractivity contribution in [2.45, 2.75) is 32.1 Å². The molecule has 5 rings (SSSR count). The molecule has 1 unspecified atom stereocenters. The molecule has 39 heavy (non-hydrogen) atoms. The number of rotatable bonds is 9. The van der Waals surface area contributed by atoms with Gasteiger partial charge in [-0.15, -0.1) is 13.2 Å². The third-order valence-electron chi connectivity index (χ3n) is 7.08. The second-order valence-electron chi connectivity index (χ2n) is 9.57. The molecule has 0 radical (unpaired) electrons. The van der Waals surface area contributed by atoms with Gasteiger partial charge in [-0.05, 0) is 18.2 Å². The van der Waals surface area contributed by atoms with Crippen LogP contribution in [-0.4, -0.2) is 60.9 Å². The third kappa shape index (κ3) is 5.09. The van der Waals surface area contributed by atoms with Crippen LogP contribution in [0.1, 0.15) is 24.0 Å². The summed E-state index contributed by atoms with van der Waals surface area (Å²) < 4.78 is 4.34. The van der Waals surface area contributed by atoms with E-state index in [4.69, 9.17) is 0 Å². The smallest absolute Gasteiger partial charge is 0.333 e. The van der Waals surface area contributed by atoms with Crippen molar-refractivity contribution in [3.05, 3.63) is 88.0 Å². The molecule has 0 bridgehead atoms. The lowest BCUT2D eigenvalue weighted by atomic mass is 10.2. The van der Waals surface area contributed by atoms with E-state index >= 15 is 0 Å². The zero-order valence-electron chi connectivity index (χ0n) is 22.0. The lowest BCUT2D eigenvalue weighted by molar-refractivity contribution is -0.131. The number of hydrogen-bond donors (Lipinski definition) is 2. The van der Waals surface area contributed by atoms with E-state index in [1.165, 1.54) is 10.6 Å². The number of anilines is 3. The predicted octanol–water partition coefficient (Wildman–Crippen LogP) is 1.33. The van der Waals surface area contributed by atoms with Gasteiger partial charge in [0.05, 0.1) is 11.4 Å². The lowest BCUT2D eigenvalue weighted by Gasteiger charge is -2.35. The van der Waals surface area contributed by atoms with Gasteiger partial charge in [0, 0.05) is 65.4 Å². The molecule has 12 heteroatoms. The van der Waals surface area contributed by atoms with Crippen molar-refractivity contribution in [2.24, 2.45) is 7.05 Å². The first-order valence-electron chi connectivity index (χ1n) is 13.0. The lowest BCUT2D eigenvalue weighted by Crippen LogP contribution is -2.49. The molecule has 3 aromatic rings. The van der Waals surface area contributed by atoms with Gasteiger partial charge < -0.3 is 20.4 Å². The minimum atomic E-state index is -0.468. The monoisotopic (exact) mass is 531 g/mol. The number of aromatic nitrogens is 5. The number of piperazine rings is 1. The number of allylic oxidation sites excluding steroid dienone is 2. The first-order chi connectivity index (χ1) is 18.9. The average molecular weight is 532 g/mol. The van der Waals surface area contributed by atoms with Crippen LogP contribution in [-0.2, 0) is 31.4 Å². The van der Waals surface area contributed by atoms with Gasteiger partial charge in [-0.2, -0.15) is 5.10 Å². The Hall–Kier alpha value is -4.61. The van der Waals surface area contributed by atoms with Crippen molar-refractivity contribution in [3.63, 3.8) is 0 Å². The summed E-state index contributed by atoms with van der Waals surface area (Å²) in [6.07, 6.45) is 5.29. The Balaban J connectivity index is 1.24. The van der Waals surface area contributed by atoms with Gasteiger partial charge in [0.1, 0.15) is 23.5 Å². The molecule has 204 valence electrons. The molecular weight excluding hydrogens is 498 g/mol. The molecule has 12 nitrogen and oxygen atoms in total. The molecule has 1 fully saturated rings. The molecule has 0 aliphatic carbocycles. The Labute approximate surface area is 225 Å². The minimum Gasteiger partial charge on any atom is -0.353 e. The number of carbonyl (C=O) groups is 1. The summed E-state index contributed by atoms with van der Waals surface area (Å²) in [7, 11) is 1.82. The predicted molar refractivity (Wildman–Crippen MR) is 150 cm³/mol. The van der Waals surface area contributed by atoms with E-state index in [-0.39, 0.29) is 19.0 Å². The number of nitrogens with zero attached hydrogens (tertiary/aromatic N) is 7. The second-order valence-corrected chi connectivity index (χ2v) is 9.57. The number of fused-ring (bicyclic) bond motifs is 1. The molecule has 1 amide bonds. The van der Waals surface area contributed by atoms with Gasteiger partial charge in [0.2, 0.25) is 5.91 Å². The first-order valence-corrected chi connectivity index (χ1v) is 13.0. The Morgan fingerprint density at radius 1 is 1.08 bits per heavy atom. The van der Waals surface area contributed by atoms with Crippen molar-refractivity contribution in [1.82, 2.24) is 28.8 Å². The van der Waals surface area contributed by atoms with E-state index < -0.39 is 17.4 Å². The fourth-order valence-electron chi connectivity index (χ4n) is 5.09. The average Bonchev–Trinajstić information content (AvgIpc) is 3.56. The second kappa shape index (κ2) is 11.0. The number of amides is 1. The molecule has 2 aliphatic rings. The Morgan fingerprint density at radius 3 is 2.51 bits per heavy atom. The number of carbonyl (C=O) groups excluding carboxylic acids is 1. The summed E-state index contributed by atoms with van der Waals surface area (Å²) >= 11 is 0. The number of aryl methyl sites for hydroxylation is 2. The highest BCUT2D eigenvalue weighted by Crippen LogP contribution is 2.32. The first kappa shape index (κ1) is 26.0. The van der Waals surface area contributed by atoms with Crippen molar-refractivity contribution in [1.29, 1.82) is 0 Å². The maximum absolute atomic E-state index is 13.0. The van der Waals surface area contributed by atoms with Crippen molar-refractivity contribution in [3.8, 4) is 0 Å². The normalized spacial score (nSPS) is 16.4. The van der Waals surface area contributed by atoms with E-state index in [1.807, 2.05) is 36.2 Å². The summed E-state index contributed by atoms with van der Waals surface area (Å²) in [6.45, 7) is 10.6. The van der Waals surface area contributed by atoms with Gasteiger partial charge in [-0.3, -0.25) is 23.4 Å². The topological polar surface area (TPSA) is 122 Å².